The molecule has 0 aromatic rings. The van der Waals surface area contributed by atoms with Gasteiger partial charge in [-0.25, -0.2) is 8.78 Å². The highest BCUT2D eigenvalue weighted by molar-refractivity contribution is 4.78. The minimum atomic E-state index is -2.40. The van der Waals surface area contributed by atoms with Crippen molar-refractivity contribution in [1.82, 2.24) is 5.32 Å². The van der Waals surface area contributed by atoms with Crippen LogP contribution >= 0.6 is 0 Å². The summed E-state index contributed by atoms with van der Waals surface area (Å²) in [7, 11) is 1.68. The van der Waals surface area contributed by atoms with Crippen molar-refractivity contribution in [3.05, 3.63) is 0 Å². The molecule has 1 aliphatic rings. The van der Waals surface area contributed by atoms with Gasteiger partial charge in [-0.2, -0.15) is 0 Å². The van der Waals surface area contributed by atoms with Gasteiger partial charge in [-0.05, 0) is 38.3 Å². The van der Waals surface area contributed by atoms with E-state index in [4.69, 9.17) is 4.74 Å². The monoisotopic (exact) mass is 221 g/mol. The van der Waals surface area contributed by atoms with Gasteiger partial charge in [0.2, 0.25) is 5.92 Å². The predicted molar refractivity (Wildman–Crippen MR) is 56.3 cm³/mol. The van der Waals surface area contributed by atoms with E-state index in [1.165, 1.54) is 0 Å². The third-order valence-electron chi connectivity index (χ3n) is 2.97. The summed E-state index contributed by atoms with van der Waals surface area (Å²) >= 11 is 0. The number of ether oxygens (including phenoxy) is 1. The quantitative estimate of drug-likeness (QED) is 0.696. The molecule has 0 amide bonds. The average Bonchev–Trinajstić information content (AvgIpc) is 2.20. The SMILES string of the molecule is COCCCNCC1CCC(F)(F)CC1. The molecule has 1 fully saturated rings. The van der Waals surface area contributed by atoms with E-state index >= 15 is 0 Å². The van der Waals surface area contributed by atoms with Crippen molar-refractivity contribution in [1.29, 1.82) is 0 Å². The molecular weight excluding hydrogens is 200 g/mol. The Morgan fingerprint density at radius 1 is 1.33 bits per heavy atom. The van der Waals surface area contributed by atoms with E-state index in [-0.39, 0.29) is 12.8 Å². The van der Waals surface area contributed by atoms with E-state index in [0.717, 1.165) is 26.1 Å². The van der Waals surface area contributed by atoms with Crippen LogP contribution in [0.4, 0.5) is 8.78 Å². The van der Waals surface area contributed by atoms with Crippen LogP contribution in [0.25, 0.3) is 0 Å². The number of halogens is 2. The van der Waals surface area contributed by atoms with Crippen molar-refractivity contribution in [3.63, 3.8) is 0 Å². The van der Waals surface area contributed by atoms with Gasteiger partial charge in [-0.1, -0.05) is 0 Å². The number of methoxy groups -OCH3 is 1. The molecule has 0 aromatic heterocycles. The first-order valence-corrected chi connectivity index (χ1v) is 5.71. The average molecular weight is 221 g/mol. The second kappa shape index (κ2) is 6.38. The zero-order valence-electron chi connectivity index (χ0n) is 9.40. The van der Waals surface area contributed by atoms with Crippen LogP contribution in [-0.2, 0) is 4.74 Å². The molecule has 0 aliphatic heterocycles. The minimum absolute atomic E-state index is 0.0669. The van der Waals surface area contributed by atoms with Crippen LogP contribution in [0.3, 0.4) is 0 Å². The number of hydrogen-bond acceptors (Lipinski definition) is 2. The maximum Gasteiger partial charge on any atom is 0.248 e. The Kier molecular flexibility index (Phi) is 5.47. The van der Waals surface area contributed by atoms with Crippen molar-refractivity contribution in [2.75, 3.05) is 26.8 Å². The molecule has 2 nitrogen and oxygen atoms in total. The molecule has 1 rings (SSSR count). The van der Waals surface area contributed by atoms with Crippen LogP contribution in [0, 0.1) is 5.92 Å². The first-order chi connectivity index (χ1) is 7.14. The van der Waals surface area contributed by atoms with Crippen LogP contribution in [0.2, 0.25) is 0 Å². The first-order valence-electron chi connectivity index (χ1n) is 5.71. The highest BCUT2D eigenvalue weighted by Crippen LogP contribution is 2.35. The second-order valence-corrected chi connectivity index (χ2v) is 4.35. The molecule has 1 N–H and O–H groups in total. The van der Waals surface area contributed by atoms with Gasteiger partial charge in [0, 0.05) is 26.6 Å². The summed E-state index contributed by atoms with van der Waals surface area (Å²) in [6, 6.07) is 0. The third kappa shape index (κ3) is 5.42. The molecule has 4 heteroatoms. The van der Waals surface area contributed by atoms with Crippen LogP contribution < -0.4 is 5.32 Å². The minimum Gasteiger partial charge on any atom is -0.385 e. The summed E-state index contributed by atoms with van der Waals surface area (Å²) in [5, 5.41) is 3.29. The fourth-order valence-corrected chi connectivity index (χ4v) is 1.95. The number of alkyl halides is 2. The Labute approximate surface area is 90.4 Å². The van der Waals surface area contributed by atoms with Gasteiger partial charge in [0.1, 0.15) is 0 Å². The highest BCUT2D eigenvalue weighted by Gasteiger charge is 2.34. The van der Waals surface area contributed by atoms with Gasteiger partial charge >= 0.3 is 0 Å². The van der Waals surface area contributed by atoms with Crippen molar-refractivity contribution >= 4 is 0 Å². The topological polar surface area (TPSA) is 21.3 Å². The zero-order chi connectivity index (χ0) is 11.1. The number of hydrogen-bond donors (Lipinski definition) is 1. The summed E-state index contributed by atoms with van der Waals surface area (Å²) < 4.78 is 30.6. The Bertz CT molecular complexity index is 166. The molecule has 1 aliphatic carbocycles. The molecule has 0 radical (unpaired) electrons. The van der Waals surface area contributed by atoms with Crippen LogP contribution in [0.5, 0.6) is 0 Å². The summed E-state index contributed by atoms with van der Waals surface area (Å²) in [6.07, 6.45) is 2.43. The molecule has 0 spiro atoms. The normalized spacial score (nSPS) is 21.8. The Hall–Kier alpha value is -0.220. The maximum atomic E-state index is 12.8. The molecular formula is C11H21F2NO. The predicted octanol–water partition coefficient (Wildman–Crippen LogP) is 2.44. The molecule has 0 aromatic carbocycles. The summed E-state index contributed by atoms with van der Waals surface area (Å²) in [4.78, 5) is 0. The van der Waals surface area contributed by atoms with Gasteiger partial charge in [-0.15, -0.1) is 0 Å². The van der Waals surface area contributed by atoms with Gasteiger partial charge in [0.25, 0.3) is 0 Å². The number of nitrogens with one attached hydrogen (secondary N) is 1. The van der Waals surface area contributed by atoms with Crippen LogP contribution in [0.15, 0.2) is 0 Å². The summed E-state index contributed by atoms with van der Waals surface area (Å²) in [6.45, 7) is 2.55. The molecule has 0 atom stereocenters. The zero-order valence-corrected chi connectivity index (χ0v) is 9.40. The smallest absolute Gasteiger partial charge is 0.248 e. The first kappa shape index (κ1) is 12.8. The molecule has 0 bridgehead atoms. The lowest BCUT2D eigenvalue weighted by atomic mass is 9.87. The second-order valence-electron chi connectivity index (χ2n) is 4.35. The van der Waals surface area contributed by atoms with Gasteiger partial charge < -0.3 is 10.1 Å². The number of rotatable bonds is 6. The lowest BCUT2D eigenvalue weighted by Crippen LogP contribution is -2.31. The van der Waals surface area contributed by atoms with E-state index < -0.39 is 5.92 Å². The summed E-state index contributed by atoms with van der Waals surface area (Å²) in [5.41, 5.74) is 0. The molecule has 1 saturated carbocycles. The third-order valence-corrected chi connectivity index (χ3v) is 2.97. The lowest BCUT2D eigenvalue weighted by Gasteiger charge is -2.28. The molecule has 0 unspecified atom stereocenters. The lowest BCUT2D eigenvalue weighted by molar-refractivity contribution is -0.0454. The van der Waals surface area contributed by atoms with Crippen LogP contribution in [0.1, 0.15) is 32.1 Å². The Morgan fingerprint density at radius 2 is 2.00 bits per heavy atom. The Morgan fingerprint density at radius 3 is 2.60 bits per heavy atom. The van der Waals surface area contributed by atoms with Gasteiger partial charge in [-0.3, -0.25) is 0 Å². The Balaban J connectivity index is 1.99. The van der Waals surface area contributed by atoms with Crippen molar-refractivity contribution in [2.24, 2.45) is 5.92 Å². The van der Waals surface area contributed by atoms with Crippen molar-refractivity contribution < 1.29 is 13.5 Å². The van der Waals surface area contributed by atoms with E-state index in [1.54, 1.807) is 7.11 Å². The van der Waals surface area contributed by atoms with E-state index in [0.29, 0.717) is 18.8 Å². The molecule has 0 saturated heterocycles. The van der Waals surface area contributed by atoms with Gasteiger partial charge in [0.05, 0.1) is 0 Å². The fraction of sp³-hybridized carbons (Fsp3) is 1.00. The van der Waals surface area contributed by atoms with E-state index in [1.807, 2.05) is 0 Å². The van der Waals surface area contributed by atoms with E-state index in [2.05, 4.69) is 5.32 Å². The standard InChI is InChI=1S/C11H21F2NO/c1-15-8-2-7-14-9-10-3-5-11(12,13)6-4-10/h10,14H,2-9H2,1H3. The van der Waals surface area contributed by atoms with Crippen molar-refractivity contribution in [2.45, 2.75) is 38.0 Å². The maximum absolute atomic E-state index is 12.8. The largest absolute Gasteiger partial charge is 0.385 e. The summed E-state index contributed by atoms with van der Waals surface area (Å²) in [5.74, 6) is -1.96. The molecule has 15 heavy (non-hydrogen) atoms. The molecule has 90 valence electrons. The van der Waals surface area contributed by atoms with E-state index in [9.17, 15) is 8.78 Å². The van der Waals surface area contributed by atoms with Gasteiger partial charge in [0.15, 0.2) is 0 Å². The molecule has 0 heterocycles. The fourth-order valence-electron chi connectivity index (χ4n) is 1.95. The highest BCUT2D eigenvalue weighted by atomic mass is 19.3. The van der Waals surface area contributed by atoms with Crippen LogP contribution in [-0.4, -0.2) is 32.7 Å². The van der Waals surface area contributed by atoms with Crippen molar-refractivity contribution in [3.8, 4) is 0 Å².